The Labute approximate surface area is 173 Å². The maximum absolute atomic E-state index is 10.8. The van der Waals surface area contributed by atoms with Crippen molar-refractivity contribution >= 4 is 49.0 Å². The summed E-state index contributed by atoms with van der Waals surface area (Å²) in [4.78, 5) is 17.6. The van der Waals surface area contributed by atoms with E-state index in [4.69, 9.17) is 19.3 Å². The van der Waals surface area contributed by atoms with Crippen molar-refractivity contribution in [2.24, 2.45) is 0 Å². The summed E-state index contributed by atoms with van der Waals surface area (Å²) in [6.45, 7) is 0. The Bertz CT molecular complexity index is 870. The Hall–Kier alpha value is -1.78. The summed E-state index contributed by atoms with van der Waals surface area (Å²) in [5.74, 6) is 1.10. The van der Waals surface area contributed by atoms with Crippen LogP contribution in [0.2, 0.25) is 0 Å². The Balaban J connectivity index is 0.00000338. The van der Waals surface area contributed by atoms with Crippen LogP contribution in [-0.4, -0.2) is 53.6 Å². The predicted octanol–water partition coefficient (Wildman–Crippen LogP) is 2.59. The van der Waals surface area contributed by atoms with E-state index in [-0.39, 0.29) is 35.3 Å². The van der Waals surface area contributed by atoms with E-state index in [0.29, 0.717) is 28.2 Å². The minimum absolute atomic E-state index is 0. The van der Waals surface area contributed by atoms with E-state index < -0.39 is 7.82 Å². The van der Waals surface area contributed by atoms with Crippen LogP contribution in [0.15, 0.2) is 42.5 Å². The van der Waals surface area contributed by atoms with E-state index in [1.165, 1.54) is 26.4 Å². The summed E-state index contributed by atoms with van der Waals surface area (Å²) in [5.41, 5.74) is 1.71. The molecule has 0 aliphatic rings. The molecule has 2 rings (SSSR count). The second-order valence-electron chi connectivity index (χ2n) is 4.89. The molecule has 0 amide bonds. The fraction of sp³-hybridized carbons (Fsp3) is 0.118. The Morgan fingerprint density at radius 2 is 1.69 bits per heavy atom. The fourth-order valence-electron chi connectivity index (χ4n) is 2.11. The van der Waals surface area contributed by atoms with Gasteiger partial charge in [0.25, 0.3) is 0 Å². The van der Waals surface area contributed by atoms with Crippen LogP contribution >= 0.6 is 7.82 Å². The second kappa shape index (κ2) is 9.79. The first-order valence-electron chi connectivity index (χ1n) is 7.05. The number of hydrogen-bond acceptors (Lipinski definition) is 5. The van der Waals surface area contributed by atoms with E-state index in [1.807, 2.05) is 0 Å². The first-order valence-corrected chi connectivity index (χ1v) is 8.58. The summed E-state index contributed by atoms with van der Waals surface area (Å²) in [6, 6.07) is 13.2. The molecular formula is C17H17NNaO6P. The van der Waals surface area contributed by atoms with Crippen molar-refractivity contribution in [2.45, 2.75) is 0 Å². The minimum atomic E-state index is -4.59. The van der Waals surface area contributed by atoms with Crippen molar-refractivity contribution in [1.29, 1.82) is 5.26 Å². The summed E-state index contributed by atoms with van der Waals surface area (Å²) >= 11 is 0. The van der Waals surface area contributed by atoms with Crippen LogP contribution in [0.4, 0.5) is 0 Å². The maximum atomic E-state index is 10.8. The van der Waals surface area contributed by atoms with Gasteiger partial charge in [-0.3, -0.25) is 9.79 Å². The summed E-state index contributed by atoms with van der Waals surface area (Å²) in [5, 5.41) is 9.42. The van der Waals surface area contributed by atoms with Crippen molar-refractivity contribution in [3.05, 3.63) is 53.6 Å². The molecule has 0 spiro atoms. The van der Waals surface area contributed by atoms with Gasteiger partial charge in [0.15, 0.2) is 11.5 Å². The number of phosphoric ester groups is 1. The zero-order valence-corrected chi connectivity index (χ0v) is 14.4. The number of benzene rings is 2. The molecule has 132 valence electrons. The van der Waals surface area contributed by atoms with Gasteiger partial charge in [0.05, 0.1) is 25.9 Å². The molecule has 2 aromatic carbocycles. The van der Waals surface area contributed by atoms with Gasteiger partial charge in [-0.25, -0.2) is 4.57 Å². The van der Waals surface area contributed by atoms with E-state index in [9.17, 15) is 9.83 Å². The third kappa shape index (κ3) is 6.19. The molecule has 0 aliphatic heterocycles. The SMILES string of the molecule is COc1ccc(C(C#N)=Cc2ccc(OP(=O)(O)O)cc2)cc1OC.[NaH]. The molecule has 0 saturated heterocycles. The van der Waals surface area contributed by atoms with Crippen LogP contribution in [0.1, 0.15) is 11.1 Å². The Kier molecular flexibility index (Phi) is 8.38. The molecule has 0 aliphatic carbocycles. The van der Waals surface area contributed by atoms with Gasteiger partial charge in [-0.15, -0.1) is 0 Å². The standard InChI is InChI=1S/C17H16NO6P.Na.H/c1-22-16-8-5-13(10-17(16)23-2)14(11-18)9-12-3-6-15(7-4-12)24-25(19,20)21;;/h3-10H,1-2H3,(H2,19,20,21);;. The molecule has 26 heavy (non-hydrogen) atoms. The molecule has 0 unspecified atom stereocenters. The third-order valence-electron chi connectivity index (χ3n) is 3.23. The zero-order chi connectivity index (χ0) is 18.4. The number of phosphoric acid groups is 1. The van der Waals surface area contributed by atoms with Gasteiger partial charge in [0, 0.05) is 0 Å². The van der Waals surface area contributed by atoms with Gasteiger partial charge < -0.3 is 14.0 Å². The van der Waals surface area contributed by atoms with Crippen molar-refractivity contribution in [3.8, 4) is 23.3 Å². The van der Waals surface area contributed by atoms with E-state index in [0.717, 1.165) is 0 Å². The van der Waals surface area contributed by atoms with Crippen LogP contribution in [0.3, 0.4) is 0 Å². The number of nitrogens with zero attached hydrogens (tertiary/aromatic N) is 1. The predicted molar refractivity (Wildman–Crippen MR) is 99.3 cm³/mol. The van der Waals surface area contributed by atoms with Gasteiger partial charge in [-0.1, -0.05) is 12.1 Å². The molecule has 0 fully saturated rings. The van der Waals surface area contributed by atoms with E-state index in [2.05, 4.69) is 10.6 Å². The van der Waals surface area contributed by atoms with Crippen LogP contribution in [0.25, 0.3) is 11.6 Å². The van der Waals surface area contributed by atoms with Crippen molar-refractivity contribution in [3.63, 3.8) is 0 Å². The number of ether oxygens (including phenoxy) is 2. The van der Waals surface area contributed by atoms with Crippen LogP contribution in [-0.2, 0) is 4.57 Å². The van der Waals surface area contributed by atoms with Gasteiger partial charge >= 0.3 is 37.4 Å². The Morgan fingerprint density at radius 3 is 2.19 bits per heavy atom. The van der Waals surface area contributed by atoms with Crippen LogP contribution in [0.5, 0.6) is 17.2 Å². The molecular weight excluding hydrogens is 368 g/mol. The molecule has 9 heteroatoms. The summed E-state index contributed by atoms with van der Waals surface area (Å²) in [7, 11) is -1.56. The second-order valence-corrected chi connectivity index (χ2v) is 6.05. The number of hydrogen-bond donors (Lipinski definition) is 2. The van der Waals surface area contributed by atoms with Gasteiger partial charge in [0.2, 0.25) is 0 Å². The van der Waals surface area contributed by atoms with Crippen molar-refractivity contribution in [2.75, 3.05) is 14.2 Å². The molecule has 0 heterocycles. The Morgan fingerprint density at radius 1 is 1.08 bits per heavy atom. The van der Waals surface area contributed by atoms with E-state index in [1.54, 1.807) is 36.4 Å². The van der Waals surface area contributed by atoms with Gasteiger partial charge in [-0.05, 0) is 47.5 Å². The van der Waals surface area contributed by atoms with E-state index >= 15 is 0 Å². The van der Waals surface area contributed by atoms with Gasteiger partial charge in [-0.2, -0.15) is 5.26 Å². The molecule has 0 radical (unpaired) electrons. The average Bonchev–Trinajstić information content (AvgIpc) is 2.59. The average molecular weight is 385 g/mol. The van der Waals surface area contributed by atoms with Crippen LogP contribution in [0, 0.1) is 11.3 Å². The summed E-state index contributed by atoms with van der Waals surface area (Å²) in [6.07, 6.45) is 1.64. The molecule has 0 saturated carbocycles. The van der Waals surface area contributed by atoms with Crippen molar-refractivity contribution in [1.82, 2.24) is 0 Å². The third-order valence-corrected chi connectivity index (χ3v) is 3.68. The number of rotatable bonds is 6. The topological polar surface area (TPSA) is 109 Å². The molecule has 0 bridgehead atoms. The van der Waals surface area contributed by atoms with Crippen LogP contribution < -0.4 is 14.0 Å². The quantitative estimate of drug-likeness (QED) is 0.340. The first kappa shape index (κ1) is 22.3. The number of nitriles is 1. The molecule has 2 aromatic rings. The fourth-order valence-corrected chi connectivity index (χ4v) is 2.51. The first-order chi connectivity index (χ1) is 11.9. The molecule has 7 nitrogen and oxygen atoms in total. The molecule has 0 atom stereocenters. The normalized spacial score (nSPS) is 11.1. The van der Waals surface area contributed by atoms with Crippen molar-refractivity contribution < 1.29 is 28.3 Å². The van der Waals surface area contributed by atoms with Gasteiger partial charge in [0.1, 0.15) is 5.75 Å². The molecule has 0 aromatic heterocycles. The monoisotopic (exact) mass is 385 g/mol. The number of methoxy groups -OCH3 is 2. The summed E-state index contributed by atoms with van der Waals surface area (Å²) < 4.78 is 25.7. The number of allylic oxidation sites excluding steroid dienone is 1. The molecule has 2 N–H and O–H groups in total. The zero-order valence-electron chi connectivity index (χ0n) is 13.5.